The van der Waals surface area contributed by atoms with Crippen LogP contribution in [0.4, 0.5) is 0 Å². The molecule has 0 N–H and O–H groups in total. The van der Waals surface area contributed by atoms with Crippen LogP contribution < -0.4 is 18.9 Å². The van der Waals surface area contributed by atoms with E-state index in [1.807, 2.05) is 61.0 Å². The third kappa shape index (κ3) is 7.74. The molecule has 2 aromatic heterocycles. The van der Waals surface area contributed by atoms with Gasteiger partial charge in [0.05, 0.1) is 13.2 Å². The standard InChI is InChI=1S/C30H34O6S2/c1-3-31-21-35-29-19-37-17-25(29)23-11-5-7-13-27(23)33-15-9-10-16-34-28-14-8-6-12-24(28)26-18-38-20-30(26)36-22-32-4-2/h5-8,11-14,17-20H,3-4,9-10,15-16,21-22H2,1-2H3. The summed E-state index contributed by atoms with van der Waals surface area (Å²) in [6, 6.07) is 16.1. The predicted octanol–water partition coefficient (Wildman–Crippen LogP) is 8.13. The smallest absolute Gasteiger partial charge is 0.189 e. The van der Waals surface area contributed by atoms with Crippen LogP contribution in [0.15, 0.2) is 70.1 Å². The second kappa shape index (κ2) is 15.4. The van der Waals surface area contributed by atoms with Crippen molar-refractivity contribution in [3.05, 3.63) is 70.1 Å². The fourth-order valence-electron chi connectivity index (χ4n) is 3.76. The van der Waals surface area contributed by atoms with Gasteiger partial charge in [-0.3, -0.25) is 0 Å². The van der Waals surface area contributed by atoms with E-state index in [9.17, 15) is 0 Å². The molecule has 0 fully saturated rings. The van der Waals surface area contributed by atoms with Crippen molar-refractivity contribution < 1.29 is 28.4 Å². The Bertz CT molecular complexity index is 1140. The molecular formula is C30H34O6S2. The van der Waals surface area contributed by atoms with E-state index in [-0.39, 0.29) is 13.6 Å². The summed E-state index contributed by atoms with van der Waals surface area (Å²) >= 11 is 3.20. The summed E-state index contributed by atoms with van der Waals surface area (Å²) < 4.78 is 34.6. The first-order chi connectivity index (χ1) is 18.8. The summed E-state index contributed by atoms with van der Waals surface area (Å²) in [4.78, 5) is 0. The Labute approximate surface area is 232 Å². The summed E-state index contributed by atoms with van der Waals surface area (Å²) in [5.74, 6) is 3.30. The maximum atomic E-state index is 6.17. The molecule has 0 saturated carbocycles. The Morgan fingerprint density at radius 1 is 0.500 bits per heavy atom. The summed E-state index contributed by atoms with van der Waals surface area (Å²) in [7, 11) is 0. The normalized spacial score (nSPS) is 10.9. The fourth-order valence-corrected chi connectivity index (χ4v) is 5.29. The van der Waals surface area contributed by atoms with Crippen LogP contribution in [0.2, 0.25) is 0 Å². The molecule has 6 nitrogen and oxygen atoms in total. The van der Waals surface area contributed by atoms with Crippen molar-refractivity contribution >= 4 is 22.7 Å². The van der Waals surface area contributed by atoms with Crippen molar-refractivity contribution in [2.24, 2.45) is 0 Å². The second-order valence-electron chi connectivity index (χ2n) is 8.21. The van der Waals surface area contributed by atoms with Crippen LogP contribution in [-0.2, 0) is 9.47 Å². The van der Waals surface area contributed by atoms with Crippen molar-refractivity contribution in [1.29, 1.82) is 0 Å². The van der Waals surface area contributed by atoms with E-state index >= 15 is 0 Å². The van der Waals surface area contributed by atoms with Gasteiger partial charge in [0, 0.05) is 57.0 Å². The van der Waals surface area contributed by atoms with E-state index in [1.54, 1.807) is 22.7 Å². The summed E-state index contributed by atoms with van der Waals surface area (Å²) in [6.45, 7) is 6.80. The zero-order chi connectivity index (χ0) is 26.4. The molecule has 2 aromatic carbocycles. The Kier molecular flexibility index (Phi) is 11.3. The van der Waals surface area contributed by atoms with Crippen molar-refractivity contribution in [2.75, 3.05) is 40.0 Å². The molecule has 0 spiro atoms. The first kappa shape index (κ1) is 28.0. The van der Waals surface area contributed by atoms with E-state index < -0.39 is 0 Å². The largest absolute Gasteiger partial charge is 0.493 e. The molecule has 0 amide bonds. The van der Waals surface area contributed by atoms with E-state index in [0.29, 0.717) is 26.4 Å². The van der Waals surface area contributed by atoms with Crippen molar-refractivity contribution in [3.8, 4) is 45.3 Å². The quantitative estimate of drug-likeness (QED) is 0.0970. The molecule has 0 atom stereocenters. The molecular weight excluding hydrogens is 520 g/mol. The van der Waals surface area contributed by atoms with Crippen LogP contribution in [0.25, 0.3) is 22.3 Å². The number of unbranched alkanes of at least 4 members (excludes halogenated alkanes) is 1. The van der Waals surface area contributed by atoms with Crippen molar-refractivity contribution in [3.63, 3.8) is 0 Å². The van der Waals surface area contributed by atoms with Gasteiger partial charge in [-0.15, -0.1) is 22.7 Å². The average Bonchev–Trinajstić information content (AvgIpc) is 3.61. The predicted molar refractivity (Wildman–Crippen MR) is 154 cm³/mol. The van der Waals surface area contributed by atoms with Crippen LogP contribution in [-0.4, -0.2) is 40.0 Å². The highest BCUT2D eigenvalue weighted by molar-refractivity contribution is 7.08. The molecule has 0 aliphatic carbocycles. The van der Waals surface area contributed by atoms with Gasteiger partial charge in [0.1, 0.15) is 23.0 Å². The molecule has 0 bridgehead atoms. The zero-order valence-electron chi connectivity index (χ0n) is 21.9. The fraction of sp³-hybridized carbons (Fsp3) is 0.333. The highest BCUT2D eigenvalue weighted by Gasteiger charge is 2.14. The number of benzene rings is 2. The first-order valence-electron chi connectivity index (χ1n) is 12.8. The van der Waals surface area contributed by atoms with Crippen LogP contribution in [0.3, 0.4) is 0 Å². The Balaban J connectivity index is 1.28. The molecule has 0 unspecified atom stereocenters. The number of ether oxygens (including phenoxy) is 6. The van der Waals surface area contributed by atoms with Crippen LogP contribution in [0, 0.1) is 0 Å². The number of para-hydroxylation sites is 2. The average molecular weight is 555 g/mol. The van der Waals surface area contributed by atoms with E-state index in [4.69, 9.17) is 28.4 Å². The Morgan fingerprint density at radius 2 is 0.947 bits per heavy atom. The van der Waals surface area contributed by atoms with Gasteiger partial charge in [-0.1, -0.05) is 36.4 Å². The summed E-state index contributed by atoms with van der Waals surface area (Å²) in [5, 5.41) is 8.14. The van der Waals surface area contributed by atoms with Crippen LogP contribution in [0.5, 0.6) is 23.0 Å². The molecule has 8 heteroatoms. The molecule has 0 aliphatic rings. The van der Waals surface area contributed by atoms with Gasteiger partial charge >= 0.3 is 0 Å². The number of thiophene rings is 2. The van der Waals surface area contributed by atoms with Gasteiger partial charge in [-0.25, -0.2) is 0 Å². The second-order valence-corrected chi connectivity index (χ2v) is 9.69. The zero-order valence-corrected chi connectivity index (χ0v) is 23.5. The summed E-state index contributed by atoms with van der Waals surface area (Å²) in [6.07, 6.45) is 1.74. The first-order valence-corrected chi connectivity index (χ1v) is 14.7. The Morgan fingerprint density at radius 3 is 1.39 bits per heavy atom. The highest BCUT2D eigenvalue weighted by Crippen LogP contribution is 2.40. The number of rotatable bonds is 17. The number of hydrogen-bond donors (Lipinski definition) is 0. The van der Waals surface area contributed by atoms with Gasteiger partial charge in [0.2, 0.25) is 0 Å². The van der Waals surface area contributed by atoms with Gasteiger partial charge in [-0.05, 0) is 38.8 Å². The van der Waals surface area contributed by atoms with Gasteiger partial charge in [0.15, 0.2) is 13.6 Å². The maximum Gasteiger partial charge on any atom is 0.189 e. The summed E-state index contributed by atoms with van der Waals surface area (Å²) in [5.41, 5.74) is 4.07. The molecule has 4 rings (SSSR count). The molecule has 2 heterocycles. The Hall–Kier alpha value is -3.04. The van der Waals surface area contributed by atoms with E-state index in [1.165, 1.54) is 0 Å². The molecule has 202 valence electrons. The third-order valence-corrected chi connectivity index (χ3v) is 7.11. The van der Waals surface area contributed by atoms with Crippen LogP contribution in [0.1, 0.15) is 26.7 Å². The maximum absolute atomic E-state index is 6.17. The van der Waals surface area contributed by atoms with Gasteiger partial charge in [0.25, 0.3) is 0 Å². The molecule has 38 heavy (non-hydrogen) atoms. The lowest BCUT2D eigenvalue weighted by Gasteiger charge is -2.14. The lowest BCUT2D eigenvalue weighted by atomic mass is 10.1. The van der Waals surface area contributed by atoms with Gasteiger partial charge in [-0.2, -0.15) is 0 Å². The monoisotopic (exact) mass is 554 g/mol. The minimum atomic E-state index is 0.237. The SMILES string of the molecule is CCOCOc1cscc1-c1ccccc1OCCCCOc1ccccc1-c1cscc1OCOCC. The minimum absolute atomic E-state index is 0.237. The molecule has 0 saturated heterocycles. The lowest BCUT2D eigenvalue weighted by molar-refractivity contribution is 0.0228. The van der Waals surface area contributed by atoms with Gasteiger partial charge < -0.3 is 28.4 Å². The van der Waals surface area contributed by atoms with Crippen molar-refractivity contribution in [2.45, 2.75) is 26.7 Å². The highest BCUT2D eigenvalue weighted by atomic mass is 32.1. The lowest BCUT2D eigenvalue weighted by Crippen LogP contribution is -2.05. The molecule has 0 aliphatic heterocycles. The molecule has 4 aromatic rings. The topological polar surface area (TPSA) is 55.4 Å². The van der Waals surface area contributed by atoms with E-state index in [2.05, 4.69) is 22.9 Å². The molecule has 0 radical (unpaired) electrons. The third-order valence-electron chi connectivity index (χ3n) is 5.66. The minimum Gasteiger partial charge on any atom is -0.493 e. The van der Waals surface area contributed by atoms with E-state index in [0.717, 1.165) is 58.1 Å². The number of hydrogen-bond acceptors (Lipinski definition) is 8. The van der Waals surface area contributed by atoms with Crippen molar-refractivity contribution in [1.82, 2.24) is 0 Å². The van der Waals surface area contributed by atoms with Crippen LogP contribution >= 0.6 is 22.7 Å².